The fourth-order valence-corrected chi connectivity index (χ4v) is 4.39. The molecule has 0 saturated carbocycles. The van der Waals surface area contributed by atoms with Crippen LogP contribution < -0.4 is 5.32 Å². The van der Waals surface area contributed by atoms with Gasteiger partial charge in [-0.05, 0) is 67.6 Å². The molecule has 3 aromatic rings. The largest absolute Gasteiger partial charge is 0.462 e. The third kappa shape index (κ3) is 5.69. The summed E-state index contributed by atoms with van der Waals surface area (Å²) in [6.45, 7) is 3.41. The number of aryl methyl sites for hydroxylation is 1. The summed E-state index contributed by atoms with van der Waals surface area (Å²) >= 11 is 6.71. The van der Waals surface area contributed by atoms with E-state index in [0.717, 1.165) is 27.8 Å². The molecule has 0 radical (unpaired) electrons. The Labute approximate surface area is 216 Å². The van der Waals surface area contributed by atoms with Gasteiger partial charge >= 0.3 is 5.97 Å². The van der Waals surface area contributed by atoms with E-state index in [0.29, 0.717) is 34.4 Å². The van der Waals surface area contributed by atoms with Gasteiger partial charge in [-0.2, -0.15) is 0 Å². The fraction of sp³-hybridized carbons (Fsp3) is 0.154. The first kappa shape index (κ1) is 25.3. The van der Waals surface area contributed by atoms with Crippen LogP contribution in [0.25, 0.3) is 17.4 Å². The van der Waals surface area contributed by atoms with Gasteiger partial charge in [0.1, 0.15) is 18.1 Å². The number of carbonyl (C=O) groups is 4. The van der Waals surface area contributed by atoms with E-state index in [1.807, 2.05) is 0 Å². The monoisotopic (exact) mass is 524 g/mol. The third-order valence-electron chi connectivity index (χ3n) is 5.23. The molecule has 1 aromatic heterocycles. The lowest BCUT2D eigenvalue weighted by atomic mass is 10.1. The summed E-state index contributed by atoms with van der Waals surface area (Å²) in [5.74, 6) is -0.623. The van der Waals surface area contributed by atoms with Crippen LogP contribution in [0.5, 0.6) is 0 Å². The smallest absolute Gasteiger partial charge is 0.338 e. The van der Waals surface area contributed by atoms with Crippen LogP contribution in [0.4, 0.5) is 10.5 Å². The number of thioether (sulfide) groups is 1. The van der Waals surface area contributed by atoms with Gasteiger partial charge in [-0.3, -0.25) is 19.3 Å². The van der Waals surface area contributed by atoms with Crippen molar-refractivity contribution >= 4 is 58.1 Å². The maximum Gasteiger partial charge on any atom is 0.338 e. The van der Waals surface area contributed by atoms with Gasteiger partial charge in [0.2, 0.25) is 5.91 Å². The second kappa shape index (κ2) is 10.8. The summed E-state index contributed by atoms with van der Waals surface area (Å²) in [5, 5.41) is 2.58. The van der Waals surface area contributed by atoms with Crippen molar-refractivity contribution < 1.29 is 28.3 Å². The molecule has 1 aliphatic rings. The summed E-state index contributed by atoms with van der Waals surface area (Å²) in [6.07, 6.45) is 1.46. The van der Waals surface area contributed by atoms with Crippen molar-refractivity contribution in [3.8, 4) is 11.3 Å². The van der Waals surface area contributed by atoms with Crippen LogP contribution in [0, 0.1) is 6.92 Å². The molecular formula is C26H21ClN2O6S. The minimum atomic E-state index is -0.584. The van der Waals surface area contributed by atoms with Crippen molar-refractivity contribution in [3.63, 3.8) is 0 Å². The molecule has 10 heteroatoms. The molecule has 4 rings (SSSR count). The van der Waals surface area contributed by atoms with Gasteiger partial charge in [0.05, 0.1) is 17.1 Å². The van der Waals surface area contributed by atoms with Crippen LogP contribution in [-0.4, -0.2) is 41.1 Å². The Hall–Kier alpha value is -3.82. The Morgan fingerprint density at radius 1 is 1.11 bits per heavy atom. The van der Waals surface area contributed by atoms with E-state index in [-0.39, 0.29) is 4.91 Å². The van der Waals surface area contributed by atoms with E-state index in [2.05, 4.69) is 5.32 Å². The lowest BCUT2D eigenvalue weighted by Gasteiger charge is -2.13. The molecule has 8 nitrogen and oxygen atoms in total. The number of halogens is 1. The van der Waals surface area contributed by atoms with Crippen molar-refractivity contribution in [2.24, 2.45) is 0 Å². The zero-order chi connectivity index (χ0) is 25.8. The second-order valence-electron chi connectivity index (χ2n) is 7.78. The number of esters is 1. The van der Waals surface area contributed by atoms with E-state index in [1.165, 1.54) is 6.08 Å². The van der Waals surface area contributed by atoms with Crippen molar-refractivity contribution in [1.29, 1.82) is 0 Å². The topological polar surface area (TPSA) is 106 Å². The molecule has 0 aliphatic carbocycles. The third-order valence-corrected chi connectivity index (χ3v) is 6.37. The molecule has 1 N–H and O–H groups in total. The lowest BCUT2D eigenvalue weighted by Crippen LogP contribution is -2.36. The summed E-state index contributed by atoms with van der Waals surface area (Å²) in [5.41, 5.74) is 2.46. The van der Waals surface area contributed by atoms with Gasteiger partial charge in [0, 0.05) is 22.3 Å². The van der Waals surface area contributed by atoms with Crippen molar-refractivity contribution in [3.05, 3.63) is 81.4 Å². The number of hydrogen-bond donors (Lipinski definition) is 1. The summed E-state index contributed by atoms with van der Waals surface area (Å²) in [7, 11) is 0. The highest BCUT2D eigenvalue weighted by atomic mass is 35.5. The average molecular weight is 525 g/mol. The molecule has 0 bridgehead atoms. The van der Waals surface area contributed by atoms with Crippen LogP contribution in [0.15, 0.2) is 63.9 Å². The number of hydrogen-bond acceptors (Lipinski definition) is 7. The highest BCUT2D eigenvalue weighted by Crippen LogP contribution is 2.33. The molecule has 1 fully saturated rings. The van der Waals surface area contributed by atoms with Gasteiger partial charge in [-0.15, -0.1) is 0 Å². The number of carbonyl (C=O) groups excluding carboxylic acids is 4. The summed E-state index contributed by atoms with van der Waals surface area (Å²) in [6, 6.07) is 15.2. The molecule has 2 heterocycles. The molecular weight excluding hydrogens is 504 g/mol. The minimum absolute atomic E-state index is 0.144. The average Bonchev–Trinajstić information content (AvgIpc) is 3.42. The Morgan fingerprint density at radius 3 is 2.58 bits per heavy atom. The van der Waals surface area contributed by atoms with Gasteiger partial charge < -0.3 is 14.5 Å². The highest BCUT2D eigenvalue weighted by molar-refractivity contribution is 8.18. The lowest BCUT2D eigenvalue weighted by molar-refractivity contribution is -0.127. The molecule has 0 unspecified atom stereocenters. The number of rotatable bonds is 7. The predicted molar refractivity (Wildman–Crippen MR) is 138 cm³/mol. The molecule has 1 saturated heterocycles. The number of nitrogens with zero attached hydrogens (tertiary/aromatic N) is 1. The van der Waals surface area contributed by atoms with Gasteiger partial charge in [0.25, 0.3) is 11.1 Å². The van der Waals surface area contributed by atoms with Crippen LogP contribution in [0.3, 0.4) is 0 Å². The van der Waals surface area contributed by atoms with Crippen LogP contribution in [0.1, 0.15) is 28.6 Å². The number of imide groups is 1. The number of furan rings is 1. The van der Waals surface area contributed by atoms with E-state index >= 15 is 0 Å². The predicted octanol–water partition coefficient (Wildman–Crippen LogP) is 5.76. The van der Waals surface area contributed by atoms with Crippen molar-refractivity contribution in [2.45, 2.75) is 13.8 Å². The number of anilines is 1. The number of nitrogens with one attached hydrogen (secondary N) is 1. The van der Waals surface area contributed by atoms with Gasteiger partial charge in [-0.1, -0.05) is 29.8 Å². The summed E-state index contributed by atoms with van der Waals surface area (Å²) < 4.78 is 10.8. The maximum absolute atomic E-state index is 12.8. The standard InChI is InChI=1S/C26H21ClN2O6S/c1-3-34-25(32)17-7-5-16(6-8-17)21-11-10-19(35-21)13-22-24(31)29(26(33)36-22)14-23(30)28-20-12-18(27)9-4-15(20)2/h4-13H,3,14H2,1-2H3,(H,28,30)/b22-13+. The molecule has 36 heavy (non-hydrogen) atoms. The first-order valence-electron chi connectivity index (χ1n) is 10.9. The Morgan fingerprint density at radius 2 is 1.86 bits per heavy atom. The van der Waals surface area contributed by atoms with Crippen molar-refractivity contribution in [2.75, 3.05) is 18.5 Å². The maximum atomic E-state index is 12.8. The quantitative estimate of drug-likeness (QED) is 0.309. The zero-order valence-electron chi connectivity index (χ0n) is 19.4. The molecule has 1 aliphatic heterocycles. The van der Waals surface area contributed by atoms with Gasteiger partial charge in [-0.25, -0.2) is 4.79 Å². The van der Waals surface area contributed by atoms with E-state index in [9.17, 15) is 19.2 Å². The van der Waals surface area contributed by atoms with E-state index < -0.39 is 29.6 Å². The van der Waals surface area contributed by atoms with Crippen molar-refractivity contribution in [1.82, 2.24) is 4.90 Å². The molecule has 184 valence electrons. The molecule has 0 spiro atoms. The molecule has 0 atom stereocenters. The Bertz CT molecular complexity index is 1380. The highest BCUT2D eigenvalue weighted by Gasteiger charge is 2.36. The Balaban J connectivity index is 1.43. The normalized spacial score (nSPS) is 14.4. The first-order valence-corrected chi connectivity index (χ1v) is 12.1. The van der Waals surface area contributed by atoms with Gasteiger partial charge in [0.15, 0.2) is 0 Å². The number of benzene rings is 2. The van der Waals surface area contributed by atoms with E-state index in [4.69, 9.17) is 20.8 Å². The van der Waals surface area contributed by atoms with E-state index in [1.54, 1.807) is 68.4 Å². The Kier molecular flexibility index (Phi) is 7.61. The molecule has 2 aromatic carbocycles. The first-order chi connectivity index (χ1) is 17.2. The number of amides is 3. The fourth-order valence-electron chi connectivity index (χ4n) is 3.40. The summed E-state index contributed by atoms with van der Waals surface area (Å²) in [4.78, 5) is 50.5. The minimum Gasteiger partial charge on any atom is -0.462 e. The second-order valence-corrected chi connectivity index (χ2v) is 9.20. The molecule has 3 amide bonds. The van der Waals surface area contributed by atoms with Crippen LogP contribution >= 0.6 is 23.4 Å². The zero-order valence-corrected chi connectivity index (χ0v) is 20.9. The number of ether oxygens (including phenoxy) is 1. The SMILES string of the molecule is CCOC(=O)c1ccc(-c2ccc(/C=C3/SC(=O)N(CC(=O)Nc4cc(Cl)ccc4C)C3=O)o2)cc1. The van der Waals surface area contributed by atoms with Crippen LogP contribution in [0.2, 0.25) is 5.02 Å². The van der Waals surface area contributed by atoms with Crippen LogP contribution in [-0.2, 0) is 14.3 Å².